The van der Waals surface area contributed by atoms with Gasteiger partial charge < -0.3 is 5.73 Å². The average Bonchev–Trinajstić information content (AvgIpc) is 2.75. The molecular formula is C13H18N4O. The minimum atomic E-state index is -0.172. The maximum Gasteiger partial charge on any atom is 0.343 e. The second-order valence-corrected chi connectivity index (χ2v) is 4.19. The van der Waals surface area contributed by atoms with E-state index in [1.807, 2.05) is 30.3 Å². The molecule has 5 nitrogen and oxygen atoms in total. The van der Waals surface area contributed by atoms with Gasteiger partial charge in [-0.3, -0.25) is 4.57 Å². The molecule has 0 spiro atoms. The van der Waals surface area contributed by atoms with Crippen LogP contribution in [0.4, 0.5) is 0 Å². The van der Waals surface area contributed by atoms with Crippen LogP contribution in [0, 0.1) is 0 Å². The van der Waals surface area contributed by atoms with Crippen molar-refractivity contribution < 1.29 is 0 Å². The number of aromatic amines is 1. The number of rotatable bonds is 5. The van der Waals surface area contributed by atoms with Crippen LogP contribution in [0.1, 0.15) is 30.8 Å². The normalized spacial score (nSPS) is 12.6. The molecule has 0 saturated heterocycles. The summed E-state index contributed by atoms with van der Waals surface area (Å²) in [6, 6.07) is 9.99. The molecule has 1 aromatic heterocycles. The molecule has 0 amide bonds. The van der Waals surface area contributed by atoms with Crippen LogP contribution >= 0.6 is 0 Å². The summed E-state index contributed by atoms with van der Waals surface area (Å²) in [6.45, 7) is 2.54. The van der Waals surface area contributed by atoms with Crippen molar-refractivity contribution in [3.63, 3.8) is 0 Å². The largest absolute Gasteiger partial charge is 0.343 e. The number of aromatic nitrogens is 3. The molecule has 96 valence electrons. The SMILES string of the molecule is CC[C@@H](c1ccccc1)n1c(CCN)n[nH]c1=O. The zero-order chi connectivity index (χ0) is 13.0. The van der Waals surface area contributed by atoms with Crippen molar-refractivity contribution in [2.75, 3.05) is 6.54 Å². The predicted octanol–water partition coefficient (Wildman–Crippen LogP) is 1.07. The predicted molar refractivity (Wildman–Crippen MR) is 70.5 cm³/mol. The fourth-order valence-corrected chi connectivity index (χ4v) is 2.21. The molecule has 0 unspecified atom stereocenters. The first kappa shape index (κ1) is 12.6. The van der Waals surface area contributed by atoms with Crippen LogP contribution in [0.3, 0.4) is 0 Å². The van der Waals surface area contributed by atoms with Crippen molar-refractivity contribution in [3.8, 4) is 0 Å². The van der Waals surface area contributed by atoms with Gasteiger partial charge in [-0.15, -0.1) is 0 Å². The maximum absolute atomic E-state index is 11.9. The Balaban J connectivity index is 2.45. The van der Waals surface area contributed by atoms with Crippen LogP contribution in [0.5, 0.6) is 0 Å². The summed E-state index contributed by atoms with van der Waals surface area (Å²) < 4.78 is 1.71. The maximum atomic E-state index is 11.9. The zero-order valence-corrected chi connectivity index (χ0v) is 10.5. The smallest absolute Gasteiger partial charge is 0.330 e. The molecule has 3 N–H and O–H groups in total. The lowest BCUT2D eigenvalue weighted by molar-refractivity contribution is 0.526. The van der Waals surface area contributed by atoms with E-state index in [4.69, 9.17) is 5.73 Å². The van der Waals surface area contributed by atoms with Crippen LogP contribution in [0.2, 0.25) is 0 Å². The second-order valence-electron chi connectivity index (χ2n) is 4.19. The highest BCUT2D eigenvalue weighted by molar-refractivity contribution is 5.20. The van der Waals surface area contributed by atoms with Crippen LogP contribution in [0.15, 0.2) is 35.1 Å². The fourth-order valence-electron chi connectivity index (χ4n) is 2.21. The summed E-state index contributed by atoms with van der Waals surface area (Å²) in [5.74, 6) is 0.721. The van der Waals surface area contributed by atoms with Crippen LogP contribution in [0.25, 0.3) is 0 Å². The van der Waals surface area contributed by atoms with Gasteiger partial charge in [0.25, 0.3) is 0 Å². The third-order valence-corrected chi connectivity index (χ3v) is 3.03. The highest BCUT2D eigenvalue weighted by Gasteiger charge is 2.18. The van der Waals surface area contributed by atoms with Crippen molar-refractivity contribution in [1.29, 1.82) is 0 Å². The summed E-state index contributed by atoms with van der Waals surface area (Å²) in [5.41, 5.74) is 6.49. The van der Waals surface area contributed by atoms with Gasteiger partial charge >= 0.3 is 5.69 Å². The summed E-state index contributed by atoms with van der Waals surface area (Å²) in [6.07, 6.45) is 1.43. The molecule has 0 radical (unpaired) electrons. The first-order valence-electron chi connectivity index (χ1n) is 6.18. The van der Waals surface area contributed by atoms with E-state index in [0.717, 1.165) is 17.8 Å². The molecule has 5 heteroatoms. The van der Waals surface area contributed by atoms with Gasteiger partial charge in [0, 0.05) is 6.42 Å². The van der Waals surface area contributed by atoms with E-state index in [-0.39, 0.29) is 11.7 Å². The number of nitrogens with one attached hydrogen (secondary N) is 1. The van der Waals surface area contributed by atoms with Gasteiger partial charge in [0.2, 0.25) is 0 Å². The molecule has 18 heavy (non-hydrogen) atoms. The Kier molecular flexibility index (Phi) is 3.94. The van der Waals surface area contributed by atoms with Gasteiger partial charge in [0.15, 0.2) is 0 Å². The quantitative estimate of drug-likeness (QED) is 0.828. The van der Waals surface area contributed by atoms with Gasteiger partial charge in [-0.25, -0.2) is 9.89 Å². The molecule has 0 fully saturated rings. The lowest BCUT2D eigenvalue weighted by Gasteiger charge is -2.17. The average molecular weight is 246 g/mol. The van der Waals surface area contributed by atoms with E-state index in [2.05, 4.69) is 17.1 Å². The minimum Gasteiger partial charge on any atom is -0.330 e. The number of benzene rings is 1. The van der Waals surface area contributed by atoms with Crippen LogP contribution in [-0.4, -0.2) is 21.3 Å². The molecule has 1 heterocycles. The van der Waals surface area contributed by atoms with Gasteiger partial charge in [0.1, 0.15) is 5.82 Å². The molecule has 0 aliphatic rings. The van der Waals surface area contributed by atoms with Crippen molar-refractivity contribution >= 4 is 0 Å². The standard InChI is InChI=1S/C13H18N4O/c1-2-11(10-6-4-3-5-7-10)17-12(8-9-14)15-16-13(17)18/h3-7,11H,2,8-9,14H2,1H3,(H,16,18)/t11-/m0/s1. The van der Waals surface area contributed by atoms with Gasteiger partial charge in [0.05, 0.1) is 6.04 Å². The van der Waals surface area contributed by atoms with E-state index in [0.29, 0.717) is 13.0 Å². The molecular weight excluding hydrogens is 228 g/mol. The van der Waals surface area contributed by atoms with Gasteiger partial charge in [-0.1, -0.05) is 37.3 Å². The van der Waals surface area contributed by atoms with Crippen LogP contribution in [-0.2, 0) is 6.42 Å². The lowest BCUT2D eigenvalue weighted by Crippen LogP contribution is -2.25. The highest BCUT2D eigenvalue weighted by Crippen LogP contribution is 2.20. The molecule has 0 saturated carbocycles. The Hall–Kier alpha value is -1.88. The van der Waals surface area contributed by atoms with Gasteiger partial charge in [-0.05, 0) is 18.5 Å². The molecule has 0 aliphatic carbocycles. The Morgan fingerprint density at radius 2 is 2.11 bits per heavy atom. The summed E-state index contributed by atoms with van der Waals surface area (Å²) in [4.78, 5) is 11.9. The first-order chi connectivity index (χ1) is 8.77. The van der Waals surface area contributed by atoms with Crippen molar-refractivity contribution in [2.24, 2.45) is 5.73 Å². The monoisotopic (exact) mass is 246 g/mol. The van der Waals surface area contributed by atoms with E-state index in [1.54, 1.807) is 4.57 Å². The number of nitrogens with two attached hydrogens (primary N) is 1. The van der Waals surface area contributed by atoms with E-state index in [9.17, 15) is 4.79 Å². The lowest BCUT2D eigenvalue weighted by atomic mass is 10.0. The Labute approximate surface area is 106 Å². The molecule has 1 aromatic carbocycles. The Bertz CT molecular complexity index is 544. The first-order valence-corrected chi connectivity index (χ1v) is 6.18. The van der Waals surface area contributed by atoms with E-state index >= 15 is 0 Å². The van der Waals surface area contributed by atoms with Crippen molar-refractivity contribution in [1.82, 2.24) is 14.8 Å². The number of nitrogens with zero attached hydrogens (tertiary/aromatic N) is 2. The topological polar surface area (TPSA) is 76.7 Å². The molecule has 0 aliphatic heterocycles. The number of H-pyrrole nitrogens is 1. The van der Waals surface area contributed by atoms with E-state index in [1.165, 1.54) is 0 Å². The number of hydrogen-bond acceptors (Lipinski definition) is 3. The van der Waals surface area contributed by atoms with Gasteiger partial charge in [-0.2, -0.15) is 5.10 Å². The molecule has 2 rings (SSSR count). The van der Waals surface area contributed by atoms with Crippen LogP contribution < -0.4 is 11.4 Å². The minimum absolute atomic E-state index is 0.0130. The Morgan fingerprint density at radius 3 is 2.72 bits per heavy atom. The molecule has 1 atom stereocenters. The van der Waals surface area contributed by atoms with Crippen molar-refractivity contribution in [2.45, 2.75) is 25.8 Å². The highest BCUT2D eigenvalue weighted by atomic mass is 16.1. The fraction of sp³-hybridized carbons (Fsp3) is 0.385. The summed E-state index contributed by atoms with van der Waals surface area (Å²) in [5, 5.41) is 6.55. The summed E-state index contributed by atoms with van der Waals surface area (Å²) in [7, 11) is 0. The number of hydrogen-bond donors (Lipinski definition) is 2. The van der Waals surface area contributed by atoms with E-state index < -0.39 is 0 Å². The summed E-state index contributed by atoms with van der Waals surface area (Å²) >= 11 is 0. The third kappa shape index (κ3) is 2.36. The third-order valence-electron chi connectivity index (χ3n) is 3.03. The molecule has 0 bridgehead atoms. The molecule has 2 aromatic rings. The second kappa shape index (κ2) is 5.64. The van der Waals surface area contributed by atoms with Crippen molar-refractivity contribution in [3.05, 3.63) is 52.2 Å². The zero-order valence-electron chi connectivity index (χ0n) is 10.5. The Morgan fingerprint density at radius 1 is 1.39 bits per heavy atom.